The largest absolute Gasteiger partial charge is 0.379 e. The van der Waals surface area contributed by atoms with E-state index >= 15 is 0 Å². The fraction of sp³-hybridized carbons (Fsp3) is 0.524. The first-order chi connectivity index (χ1) is 13.8. The molecule has 7 heteroatoms. The zero-order valence-electron chi connectivity index (χ0n) is 16.3. The second-order valence-electron chi connectivity index (χ2n) is 7.52. The van der Waals surface area contributed by atoms with Gasteiger partial charge < -0.3 is 15.0 Å². The SMILES string of the molecule is O=C(Nc1cccc(-n2cccn2)c1)N1CCCCC1CCN1CCOCC1. The summed E-state index contributed by atoms with van der Waals surface area (Å²) in [6, 6.07) is 10.0. The highest BCUT2D eigenvalue weighted by Gasteiger charge is 2.27. The van der Waals surface area contributed by atoms with Crippen LogP contribution in [0.1, 0.15) is 25.7 Å². The topological polar surface area (TPSA) is 62.6 Å². The van der Waals surface area contributed by atoms with Gasteiger partial charge in [0.15, 0.2) is 0 Å². The van der Waals surface area contributed by atoms with Crippen LogP contribution in [0.2, 0.25) is 0 Å². The molecule has 3 heterocycles. The smallest absolute Gasteiger partial charge is 0.322 e. The van der Waals surface area contributed by atoms with Crippen molar-refractivity contribution in [2.24, 2.45) is 0 Å². The lowest BCUT2D eigenvalue weighted by Gasteiger charge is -2.37. The minimum atomic E-state index is 0.00397. The molecule has 1 atom stereocenters. The number of carbonyl (C=O) groups excluding carboxylic acids is 1. The van der Waals surface area contributed by atoms with Crippen molar-refractivity contribution in [2.45, 2.75) is 31.7 Å². The number of anilines is 1. The van der Waals surface area contributed by atoms with Crippen molar-refractivity contribution in [3.8, 4) is 5.69 Å². The van der Waals surface area contributed by atoms with Crippen molar-refractivity contribution in [2.75, 3.05) is 44.7 Å². The van der Waals surface area contributed by atoms with Gasteiger partial charge in [-0.25, -0.2) is 9.48 Å². The van der Waals surface area contributed by atoms with Crippen molar-refractivity contribution in [1.29, 1.82) is 0 Å². The number of likely N-dealkylation sites (tertiary alicyclic amines) is 1. The average molecular weight is 383 g/mol. The second kappa shape index (κ2) is 9.21. The maximum absolute atomic E-state index is 13.0. The van der Waals surface area contributed by atoms with Crippen LogP contribution in [0.5, 0.6) is 0 Å². The molecule has 2 amide bonds. The highest BCUT2D eigenvalue weighted by Crippen LogP contribution is 2.22. The third kappa shape index (κ3) is 4.72. The molecule has 0 radical (unpaired) electrons. The number of piperidine rings is 1. The summed E-state index contributed by atoms with van der Waals surface area (Å²) in [4.78, 5) is 17.5. The van der Waals surface area contributed by atoms with Gasteiger partial charge in [-0.2, -0.15) is 5.10 Å². The Labute approximate surface area is 166 Å². The van der Waals surface area contributed by atoms with E-state index in [0.717, 1.165) is 70.0 Å². The summed E-state index contributed by atoms with van der Waals surface area (Å²) < 4.78 is 7.22. The predicted molar refractivity (Wildman–Crippen MR) is 109 cm³/mol. The van der Waals surface area contributed by atoms with Crippen molar-refractivity contribution >= 4 is 11.7 Å². The Balaban J connectivity index is 1.37. The van der Waals surface area contributed by atoms with Gasteiger partial charge in [0.1, 0.15) is 0 Å². The molecule has 7 nitrogen and oxygen atoms in total. The molecule has 2 aromatic rings. The maximum Gasteiger partial charge on any atom is 0.322 e. The Morgan fingerprint density at radius 1 is 1.18 bits per heavy atom. The van der Waals surface area contributed by atoms with E-state index < -0.39 is 0 Å². The molecule has 150 valence electrons. The number of morpholine rings is 1. The molecule has 0 saturated carbocycles. The van der Waals surface area contributed by atoms with Crippen LogP contribution in [-0.2, 0) is 4.74 Å². The molecule has 1 unspecified atom stereocenters. The number of amides is 2. The van der Waals surface area contributed by atoms with Gasteiger partial charge in [0.05, 0.1) is 18.9 Å². The fourth-order valence-electron chi connectivity index (χ4n) is 4.07. The summed E-state index contributed by atoms with van der Waals surface area (Å²) in [6.07, 6.45) is 8.04. The molecule has 2 aliphatic heterocycles. The number of ether oxygens (including phenoxy) is 1. The van der Waals surface area contributed by atoms with Crippen LogP contribution in [0.15, 0.2) is 42.7 Å². The number of urea groups is 1. The number of carbonyl (C=O) groups is 1. The van der Waals surface area contributed by atoms with Crippen molar-refractivity contribution in [3.05, 3.63) is 42.7 Å². The van der Waals surface area contributed by atoms with Crippen molar-refractivity contribution in [1.82, 2.24) is 19.6 Å². The number of hydrogen-bond acceptors (Lipinski definition) is 4. The summed E-state index contributed by atoms with van der Waals surface area (Å²) in [6.45, 7) is 5.51. The van der Waals surface area contributed by atoms with E-state index in [2.05, 4.69) is 15.3 Å². The first kappa shape index (κ1) is 19.0. The van der Waals surface area contributed by atoms with E-state index in [-0.39, 0.29) is 6.03 Å². The van der Waals surface area contributed by atoms with Gasteiger partial charge in [-0.3, -0.25) is 4.90 Å². The Morgan fingerprint density at radius 2 is 2.07 bits per heavy atom. The minimum absolute atomic E-state index is 0.00397. The van der Waals surface area contributed by atoms with Gasteiger partial charge in [-0.1, -0.05) is 6.07 Å². The normalized spacial score (nSPS) is 20.9. The van der Waals surface area contributed by atoms with Gasteiger partial charge in [0.2, 0.25) is 0 Å². The van der Waals surface area contributed by atoms with E-state index in [4.69, 9.17) is 4.74 Å². The maximum atomic E-state index is 13.0. The lowest BCUT2D eigenvalue weighted by Crippen LogP contribution is -2.48. The number of aromatic nitrogens is 2. The predicted octanol–water partition coefficient (Wildman–Crippen LogP) is 2.98. The summed E-state index contributed by atoms with van der Waals surface area (Å²) in [5.74, 6) is 0. The fourth-order valence-corrected chi connectivity index (χ4v) is 4.07. The van der Waals surface area contributed by atoms with E-state index in [9.17, 15) is 4.79 Å². The van der Waals surface area contributed by atoms with Gasteiger partial charge in [-0.15, -0.1) is 0 Å². The summed E-state index contributed by atoms with van der Waals surface area (Å²) in [5.41, 5.74) is 1.74. The van der Waals surface area contributed by atoms with E-state index in [0.29, 0.717) is 6.04 Å². The quantitative estimate of drug-likeness (QED) is 0.862. The van der Waals surface area contributed by atoms with Crippen molar-refractivity contribution in [3.63, 3.8) is 0 Å². The molecule has 1 aromatic heterocycles. The molecule has 0 aliphatic carbocycles. The van der Waals surface area contributed by atoms with E-state index in [1.165, 1.54) is 6.42 Å². The first-order valence-electron chi connectivity index (χ1n) is 10.3. The number of nitrogens with one attached hydrogen (secondary N) is 1. The molecule has 2 aliphatic rings. The molecule has 0 bridgehead atoms. The third-order valence-electron chi connectivity index (χ3n) is 5.64. The Morgan fingerprint density at radius 3 is 2.89 bits per heavy atom. The van der Waals surface area contributed by atoms with Crippen LogP contribution >= 0.6 is 0 Å². The van der Waals surface area contributed by atoms with Crippen LogP contribution in [0.3, 0.4) is 0 Å². The molecular formula is C21H29N5O2. The van der Waals surface area contributed by atoms with Gasteiger partial charge >= 0.3 is 6.03 Å². The number of rotatable bonds is 5. The van der Waals surface area contributed by atoms with Crippen LogP contribution in [0.25, 0.3) is 5.69 Å². The van der Waals surface area contributed by atoms with Gasteiger partial charge in [0.25, 0.3) is 0 Å². The third-order valence-corrected chi connectivity index (χ3v) is 5.64. The average Bonchev–Trinajstić information content (AvgIpc) is 3.28. The summed E-state index contributed by atoms with van der Waals surface area (Å²) in [5, 5.41) is 7.35. The summed E-state index contributed by atoms with van der Waals surface area (Å²) >= 11 is 0. The van der Waals surface area contributed by atoms with Gasteiger partial charge in [-0.05, 0) is 49.9 Å². The zero-order valence-corrected chi connectivity index (χ0v) is 16.3. The van der Waals surface area contributed by atoms with Crippen molar-refractivity contribution < 1.29 is 9.53 Å². The lowest BCUT2D eigenvalue weighted by atomic mass is 9.99. The molecule has 28 heavy (non-hydrogen) atoms. The molecule has 0 spiro atoms. The Hall–Kier alpha value is -2.38. The molecular weight excluding hydrogens is 354 g/mol. The number of hydrogen-bond donors (Lipinski definition) is 1. The van der Waals surface area contributed by atoms with Crippen LogP contribution in [0, 0.1) is 0 Å². The highest BCUT2D eigenvalue weighted by atomic mass is 16.5. The van der Waals surface area contributed by atoms with E-state index in [1.807, 2.05) is 41.4 Å². The molecule has 4 rings (SSSR count). The van der Waals surface area contributed by atoms with Crippen LogP contribution in [0.4, 0.5) is 10.5 Å². The standard InChI is InChI=1S/C21H29N5O2/c27-21(23-18-5-3-7-20(17-18)26-11-4-9-22-26)25-10-2-1-6-19(25)8-12-24-13-15-28-16-14-24/h3-5,7,9,11,17,19H,1-2,6,8,10,12-16H2,(H,23,27). The van der Waals surface area contributed by atoms with Crippen LogP contribution < -0.4 is 5.32 Å². The molecule has 2 fully saturated rings. The van der Waals surface area contributed by atoms with Crippen LogP contribution in [-0.4, -0.2) is 71.0 Å². The summed E-state index contributed by atoms with van der Waals surface area (Å²) in [7, 11) is 0. The monoisotopic (exact) mass is 383 g/mol. The molecule has 1 N–H and O–H groups in total. The number of nitrogens with zero attached hydrogens (tertiary/aromatic N) is 4. The molecule has 2 saturated heterocycles. The number of benzene rings is 1. The van der Waals surface area contributed by atoms with Gasteiger partial charge in [0, 0.05) is 50.3 Å². The van der Waals surface area contributed by atoms with E-state index in [1.54, 1.807) is 10.9 Å². The Kier molecular flexibility index (Phi) is 6.24. The second-order valence-corrected chi connectivity index (χ2v) is 7.52. The first-order valence-corrected chi connectivity index (χ1v) is 10.3. The zero-order chi connectivity index (χ0) is 19.2. The molecule has 1 aromatic carbocycles. The Bertz CT molecular complexity index is 758. The lowest BCUT2D eigenvalue weighted by molar-refractivity contribution is 0.0329. The minimum Gasteiger partial charge on any atom is -0.379 e. The highest BCUT2D eigenvalue weighted by molar-refractivity contribution is 5.89.